The van der Waals surface area contributed by atoms with Crippen LogP contribution in [-0.4, -0.2) is 57.7 Å². The molecule has 39 heavy (non-hydrogen) atoms. The van der Waals surface area contributed by atoms with E-state index in [2.05, 4.69) is 5.16 Å². The summed E-state index contributed by atoms with van der Waals surface area (Å²) in [4.78, 5) is 26.6. The maximum atomic E-state index is 15.5. The van der Waals surface area contributed by atoms with Gasteiger partial charge in [0.15, 0.2) is 17.7 Å². The molecule has 1 unspecified atom stereocenters. The number of carbonyl (C=O) groups is 2. The van der Waals surface area contributed by atoms with Crippen LogP contribution in [0.1, 0.15) is 65.4 Å². The molecule has 1 aromatic rings. The molecule has 9 atom stereocenters. The van der Waals surface area contributed by atoms with Crippen molar-refractivity contribution in [2.45, 2.75) is 78.6 Å². The van der Waals surface area contributed by atoms with Gasteiger partial charge in [0.25, 0.3) is 0 Å². The highest BCUT2D eigenvalue weighted by molar-refractivity contribution is 6.61. The van der Waals surface area contributed by atoms with Crippen LogP contribution in [0.15, 0.2) is 17.3 Å². The van der Waals surface area contributed by atoms with Gasteiger partial charge in [0, 0.05) is 29.1 Å². The largest absolute Gasteiger partial charge is 0.494 e. The molecule has 3 aliphatic carbocycles. The van der Waals surface area contributed by atoms with Gasteiger partial charge in [-0.25, -0.2) is 9.18 Å². The number of oxime groups is 1. The van der Waals surface area contributed by atoms with Crippen molar-refractivity contribution >= 4 is 30.5 Å². The summed E-state index contributed by atoms with van der Waals surface area (Å²) in [6.07, 6.45) is 1.04. The summed E-state index contributed by atoms with van der Waals surface area (Å²) < 4.78 is 26.7. The highest BCUT2D eigenvalue weighted by Gasteiger charge is 2.69. The second kappa shape index (κ2) is 9.56. The first-order chi connectivity index (χ1) is 18.3. The van der Waals surface area contributed by atoms with Crippen LogP contribution in [0.4, 0.5) is 4.39 Å². The summed E-state index contributed by atoms with van der Waals surface area (Å²) >= 11 is 0. The van der Waals surface area contributed by atoms with Crippen LogP contribution in [0.25, 0.3) is 0 Å². The number of halogens is 1. The number of aliphatic hydroxyl groups is 1. The SMILES string of the molecule is C[C@@H]1CC[C@@]23CCC(=O)[C@H]2[C@@]1(C)[C@H](C(Oc1ccc2c(c1F)B(O)OC2)C(=O)O)C[C@@](C)(C=NO)[C@@H](O)[C@@H]3C. The van der Waals surface area contributed by atoms with E-state index >= 15 is 4.39 Å². The third-order valence-electron chi connectivity index (χ3n) is 11.1. The van der Waals surface area contributed by atoms with Gasteiger partial charge in [-0.15, -0.1) is 5.16 Å². The lowest BCUT2D eigenvalue weighted by molar-refractivity contribution is -0.191. The van der Waals surface area contributed by atoms with Gasteiger partial charge in [-0.3, -0.25) is 4.79 Å². The Bertz CT molecular complexity index is 1210. The minimum absolute atomic E-state index is 0.0229. The van der Waals surface area contributed by atoms with Crippen LogP contribution in [0.2, 0.25) is 0 Å². The number of fused-ring (bicyclic) bond motifs is 1. The van der Waals surface area contributed by atoms with Gasteiger partial charge in [-0.05, 0) is 60.0 Å². The number of hydrogen-bond donors (Lipinski definition) is 4. The van der Waals surface area contributed by atoms with Gasteiger partial charge in [-0.1, -0.05) is 33.8 Å². The lowest BCUT2D eigenvalue weighted by atomic mass is 9.41. The monoisotopic (exact) mass is 545 g/mol. The number of nitrogens with zero attached hydrogens (tertiary/aromatic N) is 1. The van der Waals surface area contributed by atoms with Crippen LogP contribution in [-0.2, 0) is 20.9 Å². The summed E-state index contributed by atoms with van der Waals surface area (Å²) in [6, 6.07) is 2.86. The predicted molar refractivity (Wildman–Crippen MR) is 139 cm³/mol. The van der Waals surface area contributed by atoms with Crippen molar-refractivity contribution in [1.29, 1.82) is 0 Å². The molecule has 4 aliphatic rings. The van der Waals surface area contributed by atoms with Gasteiger partial charge in [0.1, 0.15) is 5.78 Å². The lowest BCUT2D eigenvalue weighted by Gasteiger charge is -2.62. The number of carboxylic acid groups (broad SMARTS) is 1. The van der Waals surface area contributed by atoms with E-state index in [-0.39, 0.29) is 41.9 Å². The number of benzene rings is 1. The smallest absolute Gasteiger partial charge is 0.478 e. The average molecular weight is 545 g/mol. The molecule has 9 nitrogen and oxygen atoms in total. The van der Waals surface area contributed by atoms with Crippen LogP contribution < -0.4 is 10.2 Å². The summed E-state index contributed by atoms with van der Waals surface area (Å²) in [6.45, 7) is 7.65. The molecule has 212 valence electrons. The van der Waals surface area contributed by atoms with Crippen LogP contribution >= 0.6 is 0 Å². The first-order valence-corrected chi connectivity index (χ1v) is 13.7. The van der Waals surface area contributed by atoms with Crippen LogP contribution in [0.5, 0.6) is 5.75 Å². The number of rotatable bonds is 5. The average Bonchev–Trinajstić information content (AvgIpc) is 3.44. The summed E-state index contributed by atoms with van der Waals surface area (Å²) in [5.41, 5.74) is -2.21. The van der Waals surface area contributed by atoms with Crippen molar-refractivity contribution < 1.29 is 43.8 Å². The van der Waals surface area contributed by atoms with Gasteiger partial charge in [-0.2, -0.15) is 0 Å². The van der Waals surface area contributed by atoms with Gasteiger partial charge >= 0.3 is 13.1 Å². The maximum absolute atomic E-state index is 15.5. The number of aliphatic carboxylic acids is 1. The zero-order chi connectivity index (χ0) is 28.5. The molecule has 3 fully saturated rings. The van der Waals surface area contributed by atoms with E-state index in [0.29, 0.717) is 24.8 Å². The molecule has 0 saturated heterocycles. The molecule has 3 saturated carbocycles. The molecule has 5 rings (SSSR count). The fourth-order valence-electron chi connectivity index (χ4n) is 8.76. The maximum Gasteiger partial charge on any atom is 0.494 e. The topological polar surface area (TPSA) is 146 Å². The lowest BCUT2D eigenvalue weighted by Crippen LogP contribution is -2.64. The molecule has 2 bridgehead atoms. The van der Waals surface area contributed by atoms with E-state index in [0.717, 1.165) is 6.42 Å². The Hall–Kier alpha value is -2.50. The van der Waals surface area contributed by atoms with Crippen molar-refractivity contribution in [1.82, 2.24) is 0 Å². The Labute approximate surface area is 227 Å². The Morgan fingerprint density at radius 2 is 2.03 bits per heavy atom. The number of hydrogen-bond acceptors (Lipinski definition) is 8. The van der Waals surface area contributed by atoms with Crippen molar-refractivity contribution in [2.75, 3.05) is 0 Å². The zero-order valence-electron chi connectivity index (χ0n) is 22.8. The summed E-state index contributed by atoms with van der Waals surface area (Å²) in [5.74, 6) is -4.28. The predicted octanol–water partition coefficient (Wildman–Crippen LogP) is 2.76. The molecular weight excluding hydrogens is 508 g/mol. The first-order valence-electron chi connectivity index (χ1n) is 13.7. The molecule has 0 amide bonds. The second-order valence-corrected chi connectivity index (χ2v) is 12.7. The Morgan fingerprint density at radius 1 is 1.31 bits per heavy atom. The van der Waals surface area contributed by atoms with Crippen molar-refractivity contribution in [3.8, 4) is 5.75 Å². The van der Waals surface area contributed by atoms with E-state index < -0.39 is 59.2 Å². The normalized spacial score (nSPS) is 40.6. The fourth-order valence-corrected chi connectivity index (χ4v) is 8.76. The fraction of sp³-hybridized carbons (Fsp3) is 0.679. The van der Waals surface area contributed by atoms with Gasteiger partial charge < -0.3 is 29.8 Å². The minimum atomic E-state index is -1.60. The highest BCUT2D eigenvalue weighted by Crippen LogP contribution is 2.69. The van der Waals surface area contributed by atoms with Crippen LogP contribution in [0.3, 0.4) is 0 Å². The molecule has 1 aliphatic heterocycles. The molecule has 0 radical (unpaired) electrons. The van der Waals surface area contributed by atoms with E-state index in [4.69, 9.17) is 9.39 Å². The Morgan fingerprint density at radius 3 is 2.69 bits per heavy atom. The third-order valence-corrected chi connectivity index (χ3v) is 11.1. The Kier molecular flexibility index (Phi) is 6.87. The number of carbonyl (C=O) groups excluding carboxylic acids is 1. The van der Waals surface area contributed by atoms with E-state index in [1.165, 1.54) is 18.3 Å². The number of aliphatic hydroxyl groups excluding tert-OH is 1. The zero-order valence-corrected chi connectivity index (χ0v) is 22.8. The molecule has 0 spiro atoms. The molecular formula is C28H37BFNO8. The number of ether oxygens (including phenoxy) is 1. The van der Waals surface area contributed by atoms with E-state index in [1.807, 2.05) is 20.8 Å². The standard InChI is InChI=1S/C28H37BFNO8/c1-14-7-9-28-10-8-18(32)23(28)27(14,4)17(11-26(3,13-31-37)24(33)15(28)2)22(25(34)35)39-19-6-5-16-12-38-29(36)20(16)21(19)30/h5-6,13-15,17,22-24,33,36-37H,7-12H2,1-4H3,(H,34,35)/t14-,15+,17+,22?,23+,24+,26+,27-,28+/m1/s1. The Balaban J connectivity index is 1.68. The summed E-state index contributed by atoms with van der Waals surface area (Å²) in [7, 11) is -1.48. The molecule has 1 aromatic carbocycles. The number of Topliss-reactive ketones (excluding diaryl/α,β-unsaturated/α-hetero) is 1. The summed E-state index contributed by atoms with van der Waals surface area (Å²) in [5, 5.41) is 45.2. The molecule has 0 aromatic heterocycles. The second-order valence-electron chi connectivity index (χ2n) is 12.7. The molecule has 1 heterocycles. The van der Waals surface area contributed by atoms with Crippen molar-refractivity contribution in [3.05, 3.63) is 23.5 Å². The van der Waals surface area contributed by atoms with E-state index in [9.17, 15) is 30.0 Å². The minimum Gasteiger partial charge on any atom is -0.478 e. The number of carboxylic acids is 1. The number of ketones is 1. The molecule has 11 heteroatoms. The van der Waals surface area contributed by atoms with Crippen molar-refractivity contribution in [2.24, 2.45) is 45.1 Å². The quantitative estimate of drug-likeness (QED) is 0.191. The third kappa shape index (κ3) is 3.95. The van der Waals surface area contributed by atoms with Gasteiger partial charge in [0.05, 0.1) is 18.9 Å². The van der Waals surface area contributed by atoms with Crippen molar-refractivity contribution in [3.63, 3.8) is 0 Å². The highest BCUT2D eigenvalue weighted by atomic mass is 19.1. The van der Waals surface area contributed by atoms with Gasteiger partial charge in [0.2, 0.25) is 0 Å². The first kappa shape index (κ1) is 28.0. The van der Waals surface area contributed by atoms with Crippen LogP contribution in [0, 0.1) is 45.7 Å². The molecule has 4 N–H and O–H groups in total. The van der Waals surface area contributed by atoms with E-state index in [1.54, 1.807) is 6.92 Å².